The molecule has 0 unspecified atom stereocenters. The minimum absolute atomic E-state index is 0.113. The largest absolute Gasteiger partial charge is 0.497 e. The van der Waals surface area contributed by atoms with Crippen LogP contribution in [0.25, 0.3) is 6.08 Å². The summed E-state index contributed by atoms with van der Waals surface area (Å²) in [6, 6.07) is 18.0. The SMILES string of the molecule is COc1ccc(/C=C(\C#N)C(=O)Nc2ccc(C)c(Cl)c2)c(OCc2ccc(F)cc2)c1. The number of methoxy groups -OCH3 is 1. The molecule has 32 heavy (non-hydrogen) atoms. The lowest BCUT2D eigenvalue weighted by Gasteiger charge is -2.12. The Labute approximate surface area is 190 Å². The third-order valence-electron chi connectivity index (χ3n) is 4.62. The number of nitrogens with one attached hydrogen (secondary N) is 1. The smallest absolute Gasteiger partial charge is 0.266 e. The first kappa shape index (κ1) is 22.9. The van der Waals surface area contributed by atoms with E-state index < -0.39 is 5.91 Å². The van der Waals surface area contributed by atoms with Gasteiger partial charge in [-0.3, -0.25) is 4.79 Å². The highest BCUT2D eigenvalue weighted by molar-refractivity contribution is 6.31. The van der Waals surface area contributed by atoms with Crippen LogP contribution in [-0.4, -0.2) is 13.0 Å². The molecular weight excluding hydrogens is 431 g/mol. The fourth-order valence-electron chi connectivity index (χ4n) is 2.80. The predicted octanol–water partition coefficient (Wildman–Crippen LogP) is 5.92. The standard InChI is InChI=1S/C25H20ClFN2O3/c1-16-3-9-21(12-23(16)26)29-25(30)19(14-28)11-18-6-10-22(31-2)13-24(18)32-15-17-4-7-20(27)8-5-17/h3-13H,15H2,1-2H3,(H,29,30)/b19-11+. The van der Waals surface area contributed by atoms with Crippen molar-refractivity contribution in [2.24, 2.45) is 0 Å². The van der Waals surface area contributed by atoms with E-state index in [1.807, 2.05) is 13.0 Å². The molecule has 3 aromatic carbocycles. The van der Waals surface area contributed by atoms with Gasteiger partial charge in [-0.2, -0.15) is 5.26 Å². The minimum Gasteiger partial charge on any atom is -0.497 e. The van der Waals surface area contributed by atoms with E-state index in [9.17, 15) is 14.4 Å². The van der Waals surface area contributed by atoms with Crippen LogP contribution in [0.1, 0.15) is 16.7 Å². The molecule has 0 saturated carbocycles. The zero-order valence-electron chi connectivity index (χ0n) is 17.5. The van der Waals surface area contributed by atoms with Gasteiger partial charge >= 0.3 is 0 Å². The summed E-state index contributed by atoms with van der Waals surface area (Å²) in [4.78, 5) is 12.6. The second-order valence-corrected chi connectivity index (χ2v) is 7.31. The normalized spacial score (nSPS) is 10.9. The maximum Gasteiger partial charge on any atom is 0.266 e. The van der Waals surface area contributed by atoms with Crippen molar-refractivity contribution in [3.63, 3.8) is 0 Å². The fourth-order valence-corrected chi connectivity index (χ4v) is 2.98. The number of carbonyl (C=O) groups is 1. The van der Waals surface area contributed by atoms with E-state index in [1.54, 1.807) is 48.5 Å². The first-order valence-electron chi connectivity index (χ1n) is 9.64. The average Bonchev–Trinajstić information content (AvgIpc) is 2.79. The lowest BCUT2D eigenvalue weighted by Crippen LogP contribution is -2.13. The molecule has 3 rings (SSSR count). The van der Waals surface area contributed by atoms with Crippen LogP contribution >= 0.6 is 11.6 Å². The Bertz CT molecular complexity index is 1200. The molecule has 0 atom stereocenters. The highest BCUT2D eigenvalue weighted by Gasteiger charge is 2.13. The van der Waals surface area contributed by atoms with Crippen molar-refractivity contribution in [2.75, 3.05) is 12.4 Å². The van der Waals surface area contributed by atoms with Gasteiger partial charge in [-0.15, -0.1) is 0 Å². The van der Waals surface area contributed by atoms with Crippen LogP contribution in [0.3, 0.4) is 0 Å². The van der Waals surface area contributed by atoms with Crippen LogP contribution in [0, 0.1) is 24.1 Å². The van der Waals surface area contributed by atoms with Gasteiger partial charge in [0.1, 0.15) is 35.6 Å². The molecule has 0 fully saturated rings. The number of halogens is 2. The lowest BCUT2D eigenvalue weighted by atomic mass is 10.1. The first-order chi connectivity index (χ1) is 15.4. The summed E-state index contributed by atoms with van der Waals surface area (Å²) in [5.74, 6) is 0.0483. The molecule has 0 aliphatic heterocycles. The van der Waals surface area contributed by atoms with Gasteiger partial charge in [0.2, 0.25) is 0 Å². The van der Waals surface area contributed by atoms with Crippen LogP contribution in [0.4, 0.5) is 10.1 Å². The molecule has 0 bridgehead atoms. The van der Waals surface area contributed by atoms with E-state index in [-0.39, 0.29) is 18.0 Å². The Kier molecular flexibility index (Phi) is 7.48. The molecule has 5 nitrogen and oxygen atoms in total. The first-order valence-corrected chi connectivity index (χ1v) is 10.0. The van der Waals surface area contributed by atoms with Crippen molar-refractivity contribution in [1.82, 2.24) is 0 Å². The minimum atomic E-state index is -0.576. The number of hydrogen-bond acceptors (Lipinski definition) is 4. The van der Waals surface area contributed by atoms with E-state index >= 15 is 0 Å². The lowest BCUT2D eigenvalue weighted by molar-refractivity contribution is -0.112. The van der Waals surface area contributed by atoms with Crippen LogP contribution < -0.4 is 14.8 Å². The number of anilines is 1. The zero-order chi connectivity index (χ0) is 23.1. The number of benzene rings is 3. The molecule has 1 amide bonds. The quantitative estimate of drug-likeness (QED) is 0.358. The molecule has 1 N–H and O–H groups in total. The molecule has 0 aliphatic carbocycles. The molecule has 0 aliphatic rings. The topological polar surface area (TPSA) is 71.3 Å². The summed E-state index contributed by atoms with van der Waals surface area (Å²) >= 11 is 6.10. The number of nitriles is 1. The molecule has 7 heteroatoms. The zero-order valence-corrected chi connectivity index (χ0v) is 18.2. The number of ether oxygens (including phenoxy) is 2. The summed E-state index contributed by atoms with van der Waals surface area (Å²) in [7, 11) is 1.52. The second-order valence-electron chi connectivity index (χ2n) is 6.91. The maximum atomic E-state index is 13.1. The van der Waals surface area contributed by atoms with Crippen molar-refractivity contribution in [1.29, 1.82) is 5.26 Å². The van der Waals surface area contributed by atoms with E-state index in [4.69, 9.17) is 21.1 Å². The number of hydrogen-bond donors (Lipinski definition) is 1. The molecule has 3 aromatic rings. The Morgan fingerprint density at radius 2 is 1.91 bits per heavy atom. The Morgan fingerprint density at radius 3 is 2.56 bits per heavy atom. The van der Waals surface area contributed by atoms with Crippen molar-refractivity contribution in [2.45, 2.75) is 13.5 Å². The van der Waals surface area contributed by atoms with Gasteiger partial charge in [-0.05, 0) is 60.5 Å². The van der Waals surface area contributed by atoms with Gasteiger partial charge in [0.05, 0.1) is 7.11 Å². The molecule has 0 radical (unpaired) electrons. The third-order valence-corrected chi connectivity index (χ3v) is 5.03. The molecule has 0 saturated heterocycles. The van der Waals surface area contributed by atoms with Crippen LogP contribution in [0.5, 0.6) is 11.5 Å². The Morgan fingerprint density at radius 1 is 1.16 bits per heavy atom. The molecule has 0 aromatic heterocycles. The molecular formula is C25H20ClFN2O3. The van der Waals surface area contributed by atoms with E-state index in [0.717, 1.165) is 11.1 Å². The monoisotopic (exact) mass is 450 g/mol. The third kappa shape index (κ3) is 5.87. The van der Waals surface area contributed by atoms with Gasteiger partial charge in [-0.1, -0.05) is 29.8 Å². The Balaban J connectivity index is 1.85. The number of carbonyl (C=O) groups excluding carboxylic acids is 1. The maximum absolute atomic E-state index is 13.1. The molecule has 0 heterocycles. The fraction of sp³-hybridized carbons (Fsp3) is 0.120. The van der Waals surface area contributed by atoms with E-state index in [2.05, 4.69) is 5.32 Å². The number of rotatable bonds is 7. The average molecular weight is 451 g/mol. The van der Waals surface area contributed by atoms with Crippen molar-refractivity contribution >= 4 is 29.3 Å². The molecule has 162 valence electrons. The number of aryl methyl sites for hydroxylation is 1. The summed E-state index contributed by atoms with van der Waals surface area (Å²) in [5.41, 5.74) is 2.52. The second kappa shape index (κ2) is 10.5. The van der Waals surface area contributed by atoms with Crippen LogP contribution in [0.2, 0.25) is 5.02 Å². The van der Waals surface area contributed by atoms with Crippen molar-refractivity contribution in [3.05, 3.63) is 93.8 Å². The highest BCUT2D eigenvalue weighted by atomic mass is 35.5. The van der Waals surface area contributed by atoms with E-state index in [1.165, 1.54) is 25.3 Å². The van der Waals surface area contributed by atoms with Gasteiger partial charge in [0, 0.05) is 22.3 Å². The molecule has 0 spiro atoms. The number of amides is 1. The van der Waals surface area contributed by atoms with Gasteiger partial charge in [0.15, 0.2) is 0 Å². The van der Waals surface area contributed by atoms with Gasteiger partial charge < -0.3 is 14.8 Å². The van der Waals surface area contributed by atoms with Gasteiger partial charge in [-0.25, -0.2) is 4.39 Å². The van der Waals surface area contributed by atoms with Gasteiger partial charge in [0.25, 0.3) is 5.91 Å². The van der Waals surface area contributed by atoms with Crippen LogP contribution in [-0.2, 0) is 11.4 Å². The summed E-state index contributed by atoms with van der Waals surface area (Å²) in [6.07, 6.45) is 1.44. The van der Waals surface area contributed by atoms with Crippen molar-refractivity contribution < 1.29 is 18.7 Å². The summed E-state index contributed by atoms with van der Waals surface area (Å²) in [5, 5.41) is 12.7. The Hall–Kier alpha value is -3.82. The van der Waals surface area contributed by atoms with Crippen LogP contribution in [0.15, 0.2) is 66.2 Å². The summed E-state index contributed by atoms with van der Waals surface area (Å²) < 4.78 is 24.2. The van der Waals surface area contributed by atoms with Crippen molar-refractivity contribution in [3.8, 4) is 17.6 Å². The number of nitrogens with zero attached hydrogens (tertiary/aromatic N) is 1. The van der Waals surface area contributed by atoms with E-state index in [0.29, 0.717) is 27.8 Å². The highest BCUT2D eigenvalue weighted by Crippen LogP contribution is 2.28. The summed E-state index contributed by atoms with van der Waals surface area (Å²) in [6.45, 7) is 2.02. The predicted molar refractivity (Wildman–Crippen MR) is 122 cm³/mol.